The second kappa shape index (κ2) is 3.82. The number of nitrogens with one attached hydrogen (secondary N) is 1. The second-order valence-corrected chi connectivity index (χ2v) is 2.71. The Kier molecular flexibility index (Phi) is 3.77. The van der Waals surface area contributed by atoms with Crippen LogP contribution in [-0.4, -0.2) is 35.5 Å². The van der Waals surface area contributed by atoms with Crippen LogP contribution in [0.15, 0.2) is 0 Å². The molecule has 0 radical (unpaired) electrons. The third kappa shape index (κ3) is 7.88. The zero-order valence-electron chi connectivity index (χ0n) is 6.02. The van der Waals surface area contributed by atoms with Crippen LogP contribution in [0.5, 0.6) is 0 Å². The first-order chi connectivity index (χ1) is 4.06. The third-order valence-electron chi connectivity index (χ3n) is 0.846. The van der Waals surface area contributed by atoms with Crippen molar-refractivity contribution in [2.45, 2.75) is 19.4 Å². The van der Waals surface area contributed by atoms with Gasteiger partial charge in [0, 0.05) is 13.1 Å². The normalized spacial score (nSPS) is 12.0. The molecule has 0 bridgehead atoms. The quantitative estimate of drug-likeness (QED) is 0.446. The van der Waals surface area contributed by atoms with E-state index in [0.29, 0.717) is 13.1 Å². The van der Waals surface area contributed by atoms with Gasteiger partial charge in [-0.25, -0.2) is 0 Å². The molecule has 3 nitrogen and oxygen atoms in total. The lowest BCUT2D eigenvalue weighted by Crippen LogP contribution is -2.35. The van der Waals surface area contributed by atoms with Crippen LogP contribution >= 0.6 is 0 Å². The molecule has 0 heterocycles. The van der Waals surface area contributed by atoms with Crippen LogP contribution in [0.2, 0.25) is 0 Å². The van der Waals surface area contributed by atoms with Crippen molar-refractivity contribution in [1.29, 1.82) is 0 Å². The fraction of sp³-hybridized carbons (Fsp3) is 1.00. The molecule has 0 aliphatic heterocycles. The highest BCUT2D eigenvalue weighted by molar-refractivity contribution is 4.67. The van der Waals surface area contributed by atoms with E-state index >= 15 is 0 Å². The van der Waals surface area contributed by atoms with Crippen molar-refractivity contribution in [1.82, 2.24) is 5.32 Å². The Balaban J connectivity index is 3.07. The molecule has 0 aromatic heterocycles. The maximum absolute atomic E-state index is 9.10. The highest BCUT2D eigenvalue weighted by atomic mass is 16.3. The maximum Gasteiger partial charge on any atom is 0.0715 e. The largest absolute Gasteiger partial charge is 0.395 e. The van der Waals surface area contributed by atoms with Crippen LogP contribution in [0.4, 0.5) is 0 Å². The van der Waals surface area contributed by atoms with Gasteiger partial charge in [-0.05, 0) is 13.8 Å². The highest BCUT2D eigenvalue weighted by Crippen LogP contribution is 1.95. The summed E-state index contributed by atoms with van der Waals surface area (Å²) in [6, 6.07) is 0. The molecule has 56 valence electrons. The van der Waals surface area contributed by atoms with Crippen molar-refractivity contribution >= 4 is 0 Å². The minimum absolute atomic E-state index is 0.121. The van der Waals surface area contributed by atoms with E-state index in [-0.39, 0.29) is 6.61 Å². The molecule has 0 aromatic carbocycles. The summed E-state index contributed by atoms with van der Waals surface area (Å²) in [5.41, 5.74) is -0.671. The molecule has 0 saturated carbocycles. The van der Waals surface area contributed by atoms with Crippen LogP contribution < -0.4 is 5.32 Å². The summed E-state index contributed by atoms with van der Waals surface area (Å²) in [7, 11) is 0. The van der Waals surface area contributed by atoms with Crippen molar-refractivity contribution < 1.29 is 10.2 Å². The first kappa shape index (κ1) is 8.88. The van der Waals surface area contributed by atoms with Crippen molar-refractivity contribution in [2.24, 2.45) is 0 Å². The van der Waals surface area contributed by atoms with Gasteiger partial charge in [0.25, 0.3) is 0 Å². The van der Waals surface area contributed by atoms with E-state index < -0.39 is 5.60 Å². The van der Waals surface area contributed by atoms with Crippen molar-refractivity contribution in [2.75, 3.05) is 19.7 Å². The van der Waals surface area contributed by atoms with Crippen LogP contribution in [0.25, 0.3) is 0 Å². The Hall–Kier alpha value is -0.120. The van der Waals surface area contributed by atoms with Gasteiger partial charge in [0.05, 0.1) is 12.2 Å². The number of hydrogen-bond donors (Lipinski definition) is 3. The number of hydrogen-bond acceptors (Lipinski definition) is 3. The fourth-order valence-electron chi connectivity index (χ4n) is 0.473. The van der Waals surface area contributed by atoms with Gasteiger partial charge < -0.3 is 15.5 Å². The van der Waals surface area contributed by atoms with Gasteiger partial charge in [-0.3, -0.25) is 0 Å². The predicted molar refractivity (Wildman–Crippen MR) is 36.3 cm³/mol. The lowest BCUT2D eigenvalue weighted by atomic mass is 10.1. The summed E-state index contributed by atoms with van der Waals surface area (Å²) >= 11 is 0. The standard InChI is InChI=1S/C6H15NO2/c1-6(2,9)5-7-3-4-8/h7-9H,3-5H2,1-2H3. The van der Waals surface area contributed by atoms with Crippen LogP contribution in [0.1, 0.15) is 13.8 Å². The predicted octanol–water partition coefficient (Wildman–Crippen LogP) is -0.661. The fourth-order valence-corrected chi connectivity index (χ4v) is 0.473. The lowest BCUT2D eigenvalue weighted by molar-refractivity contribution is 0.0785. The Morgan fingerprint density at radius 3 is 2.33 bits per heavy atom. The van der Waals surface area contributed by atoms with E-state index in [9.17, 15) is 0 Å². The number of rotatable bonds is 4. The molecule has 0 aliphatic carbocycles. The van der Waals surface area contributed by atoms with E-state index in [0.717, 1.165) is 0 Å². The second-order valence-electron chi connectivity index (χ2n) is 2.71. The molecule has 3 N–H and O–H groups in total. The van der Waals surface area contributed by atoms with Gasteiger partial charge in [0.1, 0.15) is 0 Å². The smallest absolute Gasteiger partial charge is 0.0715 e. The third-order valence-corrected chi connectivity index (χ3v) is 0.846. The van der Waals surface area contributed by atoms with Gasteiger partial charge in [-0.15, -0.1) is 0 Å². The summed E-state index contributed by atoms with van der Waals surface area (Å²) < 4.78 is 0. The maximum atomic E-state index is 9.10. The Labute approximate surface area is 55.7 Å². The van der Waals surface area contributed by atoms with Crippen LogP contribution in [-0.2, 0) is 0 Å². The van der Waals surface area contributed by atoms with Crippen molar-refractivity contribution in [3.05, 3.63) is 0 Å². The van der Waals surface area contributed by atoms with E-state index in [4.69, 9.17) is 10.2 Å². The molecule has 0 fully saturated rings. The first-order valence-electron chi connectivity index (χ1n) is 3.10. The molecule has 0 rings (SSSR count). The SMILES string of the molecule is CC(C)(O)CNCCO. The Morgan fingerprint density at radius 1 is 1.44 bits per heavy atom. The molecule has 9 heavy (non-hydrogen) atoms. The summed E-state index contributed by atoms with van der Waals surface area (Å²) in [5.74, 6) is 0. The van der Waals surface area contributed by atoms with Gasteiger partial charge >= 0.3 is 0 Å². The van der Waals surface area contributed by atoms with Crippen molar-refractivity contribution in [3.63, 3.8) is 0 Å². The molecule has 0 amide bonds. The molecule has 0 unspecified atom stereocenters. The molecule has 0 aliphatic rings. The van der Waals surface area contributed by atoms with Gasteiger partial charge in [0.15, 0.2) is 0 Å². The molecular weight excluding hydrogens is 118 g/mol. The summed E-state index contributed by atoms with van der Waals surface area (Å²) in [5, 5.41) is 20.3. The zero-order chi connectivity index (χ0) is 7.33. The first-order valence-corrected chi connectivity index (χ1v) is 3.10. The number of aliphatic hydroxyl groups is 2. The molecule has 0 spiro atoms. The van der Waals surface area contributed by atoms with E-state index in [1.807, 2.05) is 0 Å². The van der Waals surface area contributed by atoms with E-state index in [2.05, 4.69) is 5.32 Å². The average Bonchev–Trinajstić information content (AvgIpc) is 1.63. The topological polar surface area (TPSA) is 52.5 Å². The minimum Gasteiger partial charge on any atom is -0.395 e. The number of aliphatic hydroxyl groups excluding tert-OH is 1. The van der Waals surface area contributed by atoms with Gasteiger partial charge in [0.2, 0.25) is 0 Å². The molecule has 0 saturated heterocycles. The highest BCUT2D eigenvalue weighted by Gasteiger charge is 2.09. The van der Waals surface area contributed by atoms with Crippen LogP contribution in [0, 0.1) is 0 Å². The Morgan fingerprint density at radius 2 is 2.00 bits per heavy atom. The minimum atomic E-state index is -0.671. The van der Waals surface area contributed by atoms with Crippen LogP contribution in [0.3, 0.4) is 0 Å². The summed E-state index contributed by atoms with van der Waals surface area (Å²) in [4.78, 5) is 0. The van der Waals surface area contributed by atoms with E-state index in [1.165, 1.54) is 0 Å². The van der Waals surface area contributed by atoms with Gasteiger partial charge in [-0.2, -0.15) is 0 Å². The molecule has 3 heteroatoms. The van der Waals surface area contributed by atoms with Crippen molar-refractivity contribution in [3.8, 4) is 0 Å². The van der Waals surface area contributed by atoms with E-state index in [1.54, 1.807) is 13.8 Å². The van der Waals surface area contributed by atoms with Gasteiger partial charge in [-0.1, -0.05) is 0 Å². The summed E-state index contributed by atoms with van der Waals surface area (Å²) in [6.07, 6.45) is 0. The average molecular weight is 133 g/mol. The monoisotopic (exact) mass is 133 g/mol. The lowest BCUT2D eigenvalue weighted by Gasteiger charge is -2.16. The Bertz CT molecular complexity index is 67.9. The molecule has 0 aromatic rings. The molecular formula is C6H15NO2. The molecule has 0 atom stereocenters. The summed E-state index contributed by atoms with van der Waals surface area (Å²) in [6.45, 7) is 4.63. The zero-order valence-corrected chi connectivity index (χ0v) is 6.02.